The number of esters is 1. The van der Waals surface area contributed by atoms with Gasteiger partial charge in [-0.1, -0.05) is 30.3 Å². The van der Waals surface area contributed by atoms with E-state index in [1.165, 1.54) is 12.1 Å². The first kappa shape index (κ1) is 23.6. The number of carbonyl (C=O) groups is 2. The molecule has 1 aromatic carbocycles. The summed E-state index contributed by atoms with van der Waals surface area (Å²) in [5, 5.41) is 2.27. The van der Waals surface area contributed by atoms with Gasteiger partial charge >= 0.3 is 5.97 Å². The molecule has 2 aromatic rings. The van der Waals surface area contributed by atoms with Crippen LogP contribution in [0.3, 0.4) is 0 Å². The maximum absolute atomic E-state index is 12.4. The number of amides is 1. The van der Waals surface area contributed by atoms with Crippen LogP contribution in [0.4, 0.5) is 0 Å². The number of benzene rings is 1. The van der Waals surface area contributed by atoms with Crippen LogP contribution in [0.25, 0.3) is 0 Å². The predicted molar refractivity (Wildman–Crippen MR) is 111 cm³/mol. The number of rotatable bonds is 9. The minimum absolute atomic E-state index is 0.0234. The first-order valence-corrected chi connectivity index (χ1v) is 11.1. The highest BCUT2D eigenvalue weighted by atomic mass is 32.2. The summed E-state index contributed by atoms with van der Waals surface area (Å²) in [5.41, 5.74) is 0.239. The van der Waals surface area contributed by atoms with E-state index in [9.17, 15) is 18.0 Å². The molecule has 30 heavy (non-hydrogen) atoms. The van der Waals surface area contributed by atoms with Crippen LogP contribution in [0.2, 0.25) is 0 Å². The summed E-state index contributed by atoms with van der Waals surface area (Å²) in [4.78, 5) is 24.7. The van der Waals surface area contributed by atoms with E-state index in [0.717, 1.165) is 5.56 Å². The number of nitrogens with one attached hydrogen (secondary N) is 2. The van der Waals surface area contributed by atoms with E-state index >= 15 is 0 Å². The second-order valence-corrected chi connectivity index (χ2v) is 9.44. The first-order chi connectivity index (χ1) is 14.0. The average Bonchev–Trinajstić information content (AvgIpc) is 3.15. The van der Waals surface area contributed by atoms with Crippen LogP contribution in [0.15, 0.2) is 52.0 Å². The van der Waals surface area contributed by atoms with E-state index < -0.39 is 33.4 Å². The van der Waals surface area contributed by atoms with Crippen molar-refractivity contribution in [2.45, 2.75) is 44.7 Å². The molecule has 9 heteroatoms. The Labute approximate surface area is 177 Å². The summed E-state index contributed by atoms with van der Waals surface area (Å²) in [5.74, 6) is -1.78. The minimum Gasteiger partial charge on any atom is -0.466 e. The molecule has 0 radical (unpaired) electrons. The molecule has 1 unspecified atom stereocenters. The lowest BCUT2D eigenvalue weighted by Gasteiger charge is -2.19. The van der Waals surface area contributed by atoms with Crippen LogP contribution in [0, 0.1) is 5.92 Å². The van der Waals surface area contributed by atoms with Gasteiger partial charge in [-0.2, -0.15) is 0 Å². The van der Waals surface area contributed by atoms with Crippen molar-refractivity contribution in [2.75, 3.05) is 13.2 Å². The Bertz CT molecular complexity index is 961. The molecule has 2 N–H and O–H groups in total. The van der Waals surface area contributed by atoms with Crippen LogP contribution in [-0.4, -0.2) is 39.0 Å². The summed E-state index contributed by atoms with van der Waals surface area (Å²) in [6.07, 6.45) is 0.396. The molecule has 164 valence electrons. The number of ether oxygens (including phenoxy) is 1. The van der Waals surface area contributed by atoms with E-state index in [4.69, 9.17) is 9.15 Å². The topological polar surface area (TPSA) is 115 Å². The smallest absolute Gasteiger partial charge is 0.311 e. The molecule has 0 bridgehead atoms. The molecule has 0 saturated heterocycles. The van der Waals surface area contributed by atoms with Gasteiger partial charge in [0.25, 0.3) is 15.9 Å². The molecule has 1 atom stereocenters. The van der Waals surface area contributed by atoms with Crippen molar-refractivity contribution in [3.05, 3.63) is 53.8 Å². The van der Waals surface area contributed by atoms with E-state index in [-0.39, 0.29) is 24.0 Å². The summed E-state index contributed by atoms with van der Waals surface area (Å²) >= 11 is 0. The van der Waals surface area contributed by atoms with E-state index in [1.807, 2.05) is 30.3 Å². The molecular formula is C21H28N2O6S. The lowest BCUT2D eigenvalue weighted by Crippen LogP contribution is -2.40. The average molecular weight is 437 g/mol. The molecule has 1 amide bonds. The van der Waals surface area contributed by atoms with Gasteiger partial charge < -0.3 is 14.5 Å². The summed E-state index contributed by atoms with van der Waals surface area (Å²) in [6.45, 7) is 7.07. The Morgan fingerprint density at radius 3 is 2.37 bits per heavy atom. The molecule has 0 saturated carbocycles. The van der Waals surface area contributed by atoms with Crippen LogP contribution in [0.1, 0.15) is 43.8 Å². The van der Waals surface area contributed by atoms with Gasteiger partial charge in [-0.05, 0) is 51.8 Å². The van der Waals surface area contributed by atoms with Crippen LogP contribution >= 0.6 is 0 Å². The van der Waals surface area contributed by atoms with Gasteiger partial charge in [-0.25, -0.2) is 13.1 Å². The highest BCUT2D eigenvalue weighted by Gasteiger charge is 2.27. The van der Waals surface area contributed by atoms with Gasteiger partial charge in [0, 0.05) is 12.1 Å². The number of sulfonamides is 1. The number of carbonyl (C=O) groups excluding carboxylic acids is 2. The molecular weight excluding hydrogens is 408 g/mol. The fourth-order valence-corrected chi connectivity index (χ4v) is 4.09. The first-order valence-electron chi connectivity index (χ1n) is 9.64. The second-order valence-electron chi connectivity index (χ2n) is 7.82. The predicted octanol–water partition coefficient (Wildman–Crippen LogP) is 2.51. The Kier molecular flexibility index (Phi) is 7.80. The van der Waals surface area contributed by atoms with Crippen molar-refractivity contribution in [2.24, 2.45) is 5.92 Å². The molecule has 0 aliphatic rings. The molecule has 2 rings (SSSR count). The summed E-state index contributed by atoms with van der Waals surface area (Å²) < 4.78 is 37.4. The number of hydrogen-bond donors (Lipinski definition) is 2. The minimum atomic E-state index is -3.89. The lowest BCUT2D eigenvalue weighted by molar-refractivity contribution is -0.147. The fourth-order valence-electron chi connectivity index (χ4n) is 2.74. The van der Waals surface area contributed by atoms with Gasteiger partial charge in [0.2, 0.25) is 5.09 Å². The van der Waals surface area contributed by atoms with Crippen molar-refractivity contribution in [3.63, 3.8) is 0 Å². The summed E-state index contributed by atoms with van der Waals surface area (Å²) in [7, 11) is -3.89. The Hall–Kier alpha value is -2.65. The third kappa shape index (κ3) is 7.00. The van der Waals surface area contributed by atoms with Crippen LogP contribution < -0.4 is 10.0 Å². The van der Waals surface area contributed by atoms with Crippen molar-refractivity contribution in [3.8, 4) is 0 Å². The zero-order valence-electron chi connectivity index (χ0n) is 17.6. The monoisotopic (exact) mass is 436 g/mol. The normalized spacial score (nSPS) is 12.9. The van der Waals surface area contributed by atoms with Crippen molar-refractivity contribution < 1.29 is 27.2 Å². The molecule has 0 fully saturated rings. The standard InChI is InChI=1S/C21H28N2O6S/c1-5-28-20(25)16(13-15-9-7-6-8-10-15)14-22-19(24)17-11-12-18(29-17)30(26,27)23-21(2,3)4/h6-12,16,23H,5,13-14H2,1-4H3,(H,22,24). The fraction of sp³-hybridized carbons (Fsp3) is 0.429. The highest BCUT2D eigenvalue weighted by molar-refractivity contribution is 7.89. The zero-order valence-corrected chi connectivity index (χ0v) is 18.4. The molecule has 1 heterocycles. The lowest BCUT2D eigenvalue weighted by atomic mass is 9.99. The SMILES string of the molecule is CCOC(=O)C(CNC(=O)c1ccc(S(=O)(=O)NC(C)(C)C)o1)Cc1ccccc1. The van der Waals surface area contributed by atoms with Crippen molar-refractivity contribution in [1.82, 2.24) is 10.0 Å². The van der Waals surface area contributed by atoms with Crippen molar-refractivity contribution in [1.29, 1.82) is 0 Å². The van der Waals surface area contributed by atoms with E-state index in [1.54, 1.807) is 27.7 Å². The molecule has 0 aliphatic heterocycles. The third-order valence-corrected chi connectivity index (χ3v) is 5.59. The van der Waals surface area contributed by atoms with Gasteiger partial charge in [-0.3, -0.25) is 9.59 Å². The molecule has 0 spiro atoms. The Balaban J connectivity index is 2.06. The zero-order chi connectivity index (χ0) is 22.4. The maximum atomic E-state index is 12.4. The second kappa shape index (κ2) is 9.90. The molecule has 8 nitrogen and oxygen atoms in total. The molecule has 1 aromatic heterocycles. The Morgan fingerprint density at radius 1 is 1.10 bits per heavy atom. The maximum Gasteiger partial charge on any atom is 0.311 e. The third-order valence-electron chi connectivity index (χ3n) is 3.96. The highest BCUT2D eigenvalue weighted by Crippen LogP contribution is 2.17. The van der Waals surface area contributed by atoms with Gasteiger partial charge in [-0.15, -0.1) is 0 Å². The van der Waals surface area contributed by atoms with Gasteiger partial charge in [0.15, 0.2) is 5.76 Å². The largest absolute Gasteiger partial charge is 0.466 e. The van der Waals surface area contributed by atoms with Gasteiger partial charge in [0.1, 0.15) is 0 Å². The van der Waals surface area contributed by atoms with Crippen LogP contribution in [-0.2, 0) is 26.0 Å². The van der Waals surface area contributed by atoms with Gasteiger partial charge in [0.05, 0.1) is 12.5 Å². The van der Waals surface area contributed by atoms with E-state index in [2.05, 4.69) is 10.0 Å². The molecule has 0 aliphatic carbocycles. The number of hydrogen-bond acceptors (Lipinski definition) is 6. The van der Waals surface area contributed by atoms with Crippen molar-refractivity contribution >= 4 is 21.9 Å². The van der Waals surface area contributed by atoms with E-state index in [0.29, 0.717) is 6.42 Å². The Morgan fingerprint density at radius 2 is 1.77 bits per heavy atom. The van der Waals surface area contributed by atoms with Crippen LogP contribution in [0.5, 0.6) is 0 Å². The number of furan rings is 1. The quantitative estimate of drug-likeness (QED) is 0.584. The summed E-state index contributed by atoms with van der Waals surface area (Å²) in [6, 6.07) is 11.9.